The van der Waals surface area contributed by atoms with Crippen molar-refractivity contribution in [2.45, 2.75) is 0 Å². The summed E-state index contributed by atoms with van der Waals surface area (Å²) in [4.78, 5) is 13.7. The van der Waals surface area contributed by atoms with Crippen LogP contribution in [0.1, 0.15) is 10.4 Å². The third-order valence-corrected chi connectivity index (χ3v) is 1.88. The minimum absolute atomic E-state index is 0.251. The number of aromatic nitrogens is 1. The van der Waals surface area contributed by atoms with Gasteiger partial charge in [0.15, 0.2) is 11.0 Å². The minimum atomic E-state index is -1.43. The lowest BCUT2D eigenvalue weighted by Crippen LogP contribution is -2.02. The highest BCUT2D eigenvalue weighted by atomic mass is 35.5. The van der Waals surface area contributed by atoms with Crippen molar-refractivity contribution in [2.24, 2.45) is 0 Å². The van der Waals surface area contributed by atoms with Gasteiger partial charge in [-0.3, -0.25) is 0 Å². The van der Waals surface area contributed by atoms with Gasteiger partial charge in [-0.05, 0) is 0 Å². The van der Waals surface area contributed by atoms with Crippen LogP contribution in [0, 0.1) is 5.82 Å². The predicted octanol–water partition coefficient (Wildman–Crippen LogP) is 2.23. The van der Waals surface area contributed by atoms with Gasteiger partial charge in [-0.2, -0.15) is 0 Å². The highest BCUT2D eigenvalue weighted by molar-refractivity contribution is 6.41. The van der Waals surface area contributed by atoms with Crippen LogP contribution in [0.15, 0.2) is 6.20 Å². The van der Waals surface area contributed by atoms with Gasteiger partial charge in [0.2, 0.25) is 0 Å². The van der Waals surface area contributed by atoms with Crippen LogP contribution in [-0.2, 0) is 0 Å². The summed E-state index contributed by atoms with van der Waals surface area (Å²) in [7, 11) is 0. The smallest absolute Gasteiger partial charge is 0.340 e. The van der Waals surface area contributed by atoms with Gasteiger partial charge in [0.05, 0.1) is 0 Å². The molecule has 0 aliphatic rings. The first-order valence-corrected chi connectivity index (χ1v) is 3.52. The average molecular weight is 210 g/mol. The van der Waals surface area contributed by atoms with Crippen molar-refractivity contribution in [3.05, 3.63) is 27.8 Å². The fourth-order valence-electron chi connectivity index (χ4n) is 0.592. The SMILES string of the molecule is O=C(O)c1cnc(Cl)c(Cl)c1F. The van der Waals surface area contributed by atoms with E-state index in [9.17, 15) is 9.18 Å². The van der Waals surface area contributed by atoms with Crippen molar-refractivity contribution in [1.82, 2.24) is 4.98 Å². The Labute approximate surface area is 76.7 Å². The first kappa shape index (κ1) is 9.22. The van der Waals surface area contributed by atoms with E-state index < -0.39 is 22.4 Å². The molecule has 0 aliphatic heterocycles. The van der Waals surface area contributed by atoms with E-state index in [0.29, 0.717) is 0 Å². The monoisotopic (exact) mass is 209 g/mol. The summed E-state index contributed by atoms with van der Waals surface area (Å²) in [6, 6.07) is 0. The highest BCUT2D eigenvalue weighted by Gasteiger charge is 2.16. The Kier molecular flexibility index (Phi) is 2.49. The van der Waals surface area contributed by atoms with Crippen LogP contribution in [0.3, 0.4) is 0 Å². The zero-order chi connectivity index (χ0) is 9.30. The molecule has 1 N–H and O–H groups in total. The quantitative estimate of drug-likeness (QED) is 0.723. The Bertz CT molecular complexity index is 343. The largest absolute Gasteiger partial charge is 0.478 e. The lowest BCUT2D eigenvalue weighted by molar-refractivity contribution is 0.0691. The number of rotatable bonds is 1. The number of hydrogen-bond acceptors (Lipinski definition) is 2. The summed E-state index contributed by atoms with van der Waals surface area (Å²) in [6.45, 7) is 0. The summed E-state index contributed by atoms with van der Waals surface area (Å²) in [5.74, 6) is -2.50. The maximum absolute atomic E-state index is 12.9. The normalized spacial score (nSPS) is 9.92. The second kappa shape index (κ2) is 3.25. The molecule has 0 amide bonds. The Morgan fingerprint density at radius 3 is 2.67 bits per heavy atom. The first-order chi connectivity index (χ1) is 5.54. The van der Waals surface area contributed by atoms with Gasteiger partial charge in [-0.15, -0.1) is 0 Å². The molecule has 0 saturated carbocycles. The Morgan fingerprint density at radius 1 is 1.58 bits per heavy atom. The van der Waals surface area contributed by atoms with E-state index >= 15 is 0 Å². The molecule has 1 aromatic rings. The molecule has 0 aromatic carbocycles. The van der Waals surface area contributed by atoms with Gasteiger partial charge in [0.25, 0.3) is 0 Å². The first-order valence-electron chi connectivity index (χ1n) is 2.77. The fourth-order valence-corrected chi connectivity index (χ4v) is 0.875. The number of pyridine rings is 1. The van der Waals surface area contributed by atoms with Gasteiger partial charge >= 0.3 is 5.97 Å². The summed E-state index contributed by atoms with van der Waals surface area (Å²) < 4.78 is 12.9. The van der Waals surface area contributed by atoms with E-state index in [-0.39, 0.29) is 5.15 Å². The van der Waals surface area contributed by atoms with E-state index in [4.69, 9.17) is 28.3 Å². The van der Waals surface area contributed by atoms with E-state index in [0.717, 1.165) is 6.20 Å². The van der Waals surface area contributed by atoms with Crippen molar-refractivity contribution in [2.75, 3.05) is 0 Å². The number of nitrogens with zero attached hydrogens (tertiary/aromatic N) is 1. The molecule has 3 nitrogen and oxygen atoms in total. The van der Waals surface area contributed by atoms with E-state index in [1.165, 1.54) is 0 Å². The summed E-state index contributed by atoms with van der Waals surface area (Å²) in [6.07, 6.45) is 0.811. The number of carboxylic acids is 1. The summed E-state index contributed by atoms with van der Waals surface area (Å²) in [5, 5.41) is 7.67. The topological polar surface area (TPSA) is 50.2 Å². The van der Waals surface area contributed by atoms with Crippen LogP contribution < -0.4 is 0 Å². The lowest BCUT2D eigenvalue weighted by Gasteiger charge is -1.99. The molecule has 0 unspecified atom stereocenters. The second-order valence-electron chi connectivity index (χ2n) is 1.90. The van der Waals surface area contributed by atoms with E-state index in [1.54, 1.807) is 0 Å². The van der Waals surface area contributed by atoms with Crippen LogP contribution in [-0.4, -0.2) is 16.1 Å². The molecule has 0 bridgehead atoms. The van der Waals surface area contributed by atoms with Crippen LogP contribution in [0.5, 0.6) is 0 Å². The third-order valence-electron chi connectivity index (χ3n) is 1.15. The van der Waals surface area contributed by atoms with E-state index in [2.05, 4.69) is 4.98 Å². The molecule has 12 heavy (non-hydrogen) atoms. The molecular formula is C6H2Cl2FNO2. The van der Waals surface area contributed by atoms with Gasteiger partial charge in [-0.1, -0.05) is 23.2 Å². The number of aromatic carboxylic acids is 1. The number of hydrogen-bond donors (Lipinski definition) is 1. The maximum Gasteiger partial charge on any atom is 0.340 e. The van der Waals surface area contributed by atoms with Gasteiger partial charge < -0.3 is 5.11 Å². The molecule has 0 radical (unpaired) electrons. The van der Waals surface area contributed by atoms with Gasteiger partial charge in [-0.25, -0.2) is 14.2 Å². The molecule has 0 atom stereocenters. The second-order valence-corrected chi connectivity index (χ2v) is 2.63. The number of carboxylic acid groups (broad SMARTS) is 1. The molecule has 6 heteroatoms. The van der Waals surface area contributed by atoms with Gasteiger partial charge in [0.1, 0.15) is 10.6 Å². The molecule has 0 spiro atoms. The Hall–Kier alpha value is -0.870. The molecular weight excluding hydrogens is 208 g/mol. The van der Waals surface area contributed by atoms with E-state index in [1.807, 2.05) is 0 Å². The fraction of sp³-hybridized carbons (Fsp3) is 0. The van der Waals surface area contributed by atoms with Gasteiger partial charge in [0, 0.05) is 6.20 Å². The van der Waals surface area contributed by atoms with Crippen molar-refractivity contribution in [1.29, 1.82) is 0 Å². The van der Waals surface area contributed by atoms with Crippen LogP contribution in [0.2, 0.25) is 10.2 Å². The summed E-state index contributed by atoms with van der Waals surface area (Å²) in [5.41, 5.74) is -0.593. The maximum atomic E-state index is 12.9. The van der Waals surface area contributed by atoms with Crippen molar-refractivity contribution in [3.8, 4) is 0 Å². The Morgan fingerprint density at radius 2 is 2.17 bits per heavy atom. The molecule has 0 aliphatic carbocycles. The average Bonchev–Trinajstić information content (AvgIpc) is 2.00. The standard InChI is InChI=1S/C6H2Cl2FNO2/c7-3-4(9)2(6(11)12)1-10-5(3)8/h1H,(H,11,12). The van der Waals surface area contributed by atoms with Crippen molar-refractivity contribution in [3.63, 3.8) is 0 Å². The van der Waals surface area contributed by atoms with Crippen LogP contribution >= 0.6 is 23.2 Å². The molecule has 1 rings (SSSR count). The molecule has 0 fully saturated rings. The molecule has 1 aromatic heterocycles. The minimum Gasteiger partial charge on any atom is -0.478 e. The third kappa shape index (κ3) is 1.49. The predicted molar refractivity (Wildman–Crippen MR) is 41.2 cm³/mol. The Balaban J connectivity index is 3.36. The molecule has 64 valence electrons. The lowest BCUT2D eigenvalue weighted by atomic mass is 10.3. The highest BCUT2D eigenvalue weighted by Crippen LogP contribution is 2.24. The molecule has 1 heterocycles. The summed E-state index contributed by atoms with van der Waals surface area (Å²) >= 11 is 10.6. The van der Waals surface area contributed by atoms with Crippen LogP contribution in [0.25, 0.3) is 0 Å². The van der Waals surface area contributed by atoms with Crippen molar-refractivity contribution >= 4 is 29.2 Å². The molecule has 0 saturated heterocycles. The zero-order valence-electron chi connectivity index (χ0n) is 5.51. The number of halogens is 3. The zero-order valence-corrected chi connectivity index (χ0v) is 7.03. The number of carbonyl (C=O) groups is 1. The van der Waals surface area contributed by atoms with Crippen LogP contribution in [0.4, 0.5) is 4.39 Å². The van der Waals surface area contributed by atoms with Crippen molar-refractivity contribution < 1.29 is 14.3 Å².